The summed E-state index contributed by atoms with van der Waals surface area (Å²) in [5, 5.41) is 1.38. The Morgan fingerprint density at radius 3 is 3.12 bits per heavy atom. The smallest absolute Gasteiger partial charge is 0.0457 e. The van der Waals surface area contributed by atoms with Crippen LogP contribution >= 0.6 is 11.8 Å². The van der Waals surface area contributed by atoms with Crippen LogP contribution in [0.15, 0.2) is 53.8 Å². The van der Waals surface area contributed by atoms with Crippen LogP contribution in [0.25, 0.3) is 10.9 Å². The van der Waals surface area contributed by atoms with Crippen LogP contribution in [0.3, 0.4) is 0 Å². The van der Waals surface area contributed by atoms with Gasteiger partial charge in [0.2, 0.25) is 0 Å². The van der Waals surface area contributed by atoms with Gasteiger partial charge in [-0.3, -0.25) is 9.88 Å². The van der Waals surface area contributed by atoms with Crippen molar-refractivity contribution in [2.75, 3.05) is 12.8 Å². The van der Waals surface area contributed by atoms with Gasteiger partial charge in [0.1, 0.15) is 0 Å². The number of aromatic amines is 1. The summed E-state index contributed by atoms with van der Waals surface area (Å²) in [6, 6.07) is 11.6. The average Bonchev–Trinajstić information content (AvgIpc) is 3.23. The third kappa shape index (κ3) is 3.21. The highest BCUT2D eigenvalue weighted by atomic mass is 32.2. The zero-order valence-electron chi connectivity index (χ0n) is 14.0. The van der Waals surface area contributed by atoms with Crippen molar-refractivity contribution in [3.63, 3.8) is 0 Å². The van der Waals surface area contributed by atoms with E-state index in [1.807, 2.05) is 30.2 Å². The SMILES string of the molecule is CSc1ccc2[nH]cc(C[C@H]3CCCN3Cc3cccnc3)c2c1. The van der Waals surface area contributed by atoms with Crippen LogP contribution in [-0.4, -0.2) is 33.7 Å². The van der Waals surface area contributed by atoms with Crippen molar-refractivity contribution < 1.29 is 0 Å². The Hall–Kier alpha value is -1.78. The van der Waals surface area contributed by atoms with E-state index >= 15 is 0 Å². The summed E-state index contributed by atoms with van der Waals surface area (Å²) in [5.74, 6) is 0. The number of aromatic nitrogens is 2. The molecule has 0 spiro atoms. The predicted molar refractivity (Wildman–Crippen MR) is 101 cm³/mol. The van der Waals surface area contributed by atoms with Crippen molar-refractivity contribution >= 4 is 22.7 Å². The number of hydrogen-bond donors (Lipinski definition) is 1. The maximum Gasteiger partial charge on any atom is 0.0457 e. The summed E-state index contributed by atoms with van der Waals surface area (Å²) in [6.07, 6.45) is 11.9. The topological polar surface area (TPSA) is 31.9 Å². The van der Waals surface area contributed by atoms with Crippen LogP contribution in [0.4, 0.5) is 0 Å². The molecule has 0 saturated carbocycles. The molecule has 1 fully saturated rings. The fourth-order valence-corrected chi connectivity index (χ4v) is 4.21. The molecule has 0 radical (unpaired) electrons. The first-order chi connectivity index (χ1) is 11.8. The average molecular weight is 337 g/mol. The Labute approximate surface area is 147 Å². The van der Waals surface area contributed by atoms with E-state index in [1.54, 1.807) is 0 Å². The van der Waals surface area contributed by atoms with E-state index in [1.165, 1.54) is 46.3 Å². The number of likely N-dealkylation sites (tertiary alicyclic amines) is 1. The minimum atomic E-state index is 0.627. The molecule has 24 heavy (non-hydrogen) atoms. The number of pyridine rings is 1. The van der Waals surface area contributed by atoms with Gasteiger partial charge < -0.3 is 4.98 Å². The largest absolute Gasteiger partial charge is 0.361 e. The van der Waals surface area contributed by atoms with Crippen molar-refractivity contribution in [3.05, 3.63) is 60.0 Å². The zero-order valence-corrected chi connectivity index (χ0v) is 14.9. The lowest BCUT2D eigenvalue weighted by Gasteiger charge is -2.24. The first-order valence-corrected chi connectivity index (χ1v) is 9.83. The molecule has 1 atom stereocenters. The molecule has 2 aromatic heterocycles. The minimum absolute atomic E-state index is 0.627. The maximum atomic E-state index is 4.25. The lowest BCUT2D eigenvalue weighted by Crippen LogP contribution is -2.30. The molecule has 3 nitrogen and oxygen atoms in total. The molecule has 0 bridgehead atoms. The Kier molecular flexibility index (Phi) is 4.58. The second-order valence-corrected chi connectivity index (χ2v) is 7.44. The fraction of sp³-hybridized carbons (Fsp3) is 0.350. The van der Waals surface area contributed by atoms with Gasteiger partial charge in [0.15, 0.2) is 0 Å². The number of hydrogen-bond acceptors (Lipinski definition) is 3. The van der Waals surface area contributed by atoms with Crippen molar-refractivity contribution in [2.24, 2.45) is 0 Å². The van der Waals surface area contributed by atoms with Crippen LogP contribution in [0, 0.1) is 0 Å². The molecule has 0 amide bonds. The van der Waals surface area contributed by atoms with Gasteiger partial charge in [-0.15, -0.1) is 11.8 Å². The molecule has 1 aliphatic rings. The molecular weight excluding hydrogens is 314 g/mol. The van der Waals surface area contributed by atoms with Crippen LogP contribution in [0.2, 0.25) is 0 Å². The molecule has 1 aliphatic heterocycles. The fourth-order valence-electron chi connectivity index (χ4n) is 3.77. The first-order valence-electron chi connectivity index (χ1n) is 8.60. The first kappa shape index (κ1) is 15.7. The quantitative estimate of drug-likeness (QED) is 0.696. The number of fused-ring (bicyclic) bond motifs is 1. The standard InChI is InChI=1S/C20H23N3S/c1-24-18-6-7-20-19(11-18)16(13-22-20)10-17-5-3-9-23(17)14-15-4-2-8-21-12-15/h2,4,6-8,11-13,17,22H,3,5,9-10,14H2,1H3/t17-/m1/s1. The number of nitrogens with one attached hydrogen (secondary N) is 1. The maximum absolute atomic E-state index is 4.25. The van der Waals surface area contributed by atoms with Gasteiger partial charge >= 0.3 is 0 Å². The molecular formula is C20H23N3S. The molecule has 1 aromatic carbocycles. The number of thioether (sulfide) groups is 1. The monoisotopic (exact) mass is 337 g/mol. The second-order valence-electron chi connectivity index (χ2n) is 6.56. The van der Waals surface area contributed by atoms with Gasteiger partial charge in [-0.1, -0.05) is 6.07 Å². The highest BCUT2D eigenvalue weighted by Gasteiger charge is 2.25. The van der Waals surface area contributed by atoms with E-state index in [4.69, 9.17) is 0 Å². The Morgan fingerprint density at radius 1 is 1.33 bits per heavy atom. The number of H-pyrrole nitrogens is 1. The summed E-state index contributed by atoms with van der Waals surface area (Å²) < 4.78 is 0. The van der Waals surface area contributed by atoms with Crippen LogP contribution in [0.5, 0.6) is 0 Å². The third-order valence-corrected chi connectivity index (χ3v) is 5.76. The van der Waals surface area contributed by atoms with Crippen LogP contribution in [0.1, 0.15) is 24.0 Å². The van der Waals surface area contributed by atoms with E-state index in [-0.39, 0.29) is 0 Å². The zero-order chi connectivity index (χ0) is 16.4. The van der Waals surface area contributed by atoms with Gasteiger partial charge in [0, 0.05) is 47.0 Å². The molecule has 3 aromatic rings. The van der Waals surface area contributed by atoms with Crippen LogP contribution < -0.4 is 0 Å². The van der Waals surface area contributed by atoms with Crippen molar-refractivity contribution in [3.8, 4) is 0 Å². The van der Waals surface area contributed by atoms with E-state index in [0.717, 1.165) is 13.0 Å². The number of benzene rings is 1. The Morgan fingerprint density at radius 2 is 2.29 bits per heavy atom. The molecule has 4 rings (SSSR count). The van der Waals surface area contributed by atoms with Crippen molar-refractivity contribution in [2.45, 2.75) is 36.7 Å². The lowest BCUT2D eigenvalue weighted by atomic mass is 10.0. The van der Waals surface area contributed by atoms with Gasteiger partial charge in [-0.2, -0.15) is 0 Å². The molecule has 124 valence electrons. The number of rotatable bonds is 5. The van der Waals surface area contributed by atoms with Gasteiger partial charge in [-0.25, -0.2) is 0 Å². The summed E-state index contributed by atoms with van der Waals surface area (Å²) in [5.41, 5.74) is 4.01. The number of nitrogens with zero attached hydrogens (tertiary/aromatic N) is 2. The predicted octanol–water partition coefficient (Wildman–Crippen LogP) is 4.49. The van der Waals surface area contributed by atoms with Gasteiger partial charge in [0.05, 0.1) is 0 Å². The molecule has 4 heteroatoms. The van der Waals surface area contributed by atoms with E-state index < -0.39 is 0 Å². The van der Waals surface area contributed by atoms with Crippen LogP contribution in [-0.2, 0) is 13.0 Å². The lowest BCUT2D eigenvalue weighted by molar-refractivity contribution is 0.244. The molecule has 0 aliphatic carbocycles. The van der Waals surface area contributed by atoms with Crippen molar-refractivity contribution in [1.29, 1.82) is 0 Å². The van der Waals surface area contributed by atoms with E-state index in [0.29, 0.717) is 6.04 Å². The summed E-state index contributed by atoms with van der Waals surface area (Å²) in [7, 11) is 0. The highest BCUT2D eigenvalue weighted by Crippen LogP contribution is 2.29. The van der Waals surface area contributed by atoms with Crippen molar-refractivity contribution in [1.82, 2.24) is 14.9 Å². The Bertz CT molecular complexity index is 812. The van der Waals surface area contributed by atoms with E-state index in [9.17, 15) is 0 Å². The normalized spacial score (nSPS) is 18.5. The second kappa shape index (κ2) is 6.99. The minimum Gasteiger partial charge on any atom is -0.361 e. The highest BCUT2D eigenvalue weighted by molar-refractivity contribution is 7.98. The molecule has 1 N–H and O–H groups in total. The summed E-state index contributed by atoms with van der Waals surface area (Å²) >= 11 is 1.81. The molecule has 1 saturated heterocycles. The Balaban J connectivity index is 1.53. The van der Waals surface area contributed by atoms with E-state index in [2.05, 4.69) is 51.6 Å². The third-order valence-electron chi connectivity index (χ3n) is 5.04. The summed E-state index contributed by atoms with van der Waals surface area (Å²) in [6.45, 7) is 2.20. The van der Waals surface area contributed by atoms with Gasteiger partial charge in [-0.05, 0) is 67.5 Å². The van der Waals surface area contributed by atoms with Gasteiger partial charge in [0.25, 0.3) is 0 Å². The molecule has 0 unspecified atom stereocenters. The molecule has 3 heterocycles. The summed E-state index contributed by atoms with van der Waals surface area (Å²) in [4.78, 5) is 11.6.